The number of benzene rings is 1. The number of hydrogen-bond donors (Lipinski definition) is 1. The van der Waals surface area contributed by atoms with E-state index in [0.717, 1.165) is 23.5 Å². The Morgan fingerprint density at radius 2 is 2.13 bits per heavy atom. The minimum atomic E-state index is 0.521. The summed E-state index contributed by atoms with van der Waals surface area (Å²) in [6, 6.07) is 8.02. The van der Waals surface area contributed by atoms with Crippen molar-refractivity contribution in [3.05, 3.63) is 36.2 Å². The molecular weight excluding hydrogens is 188 g/mol. The van der Waals surface area contributed by atoms with Crippen LogP contribution in [0.25, 0.3) is 11.4 Å². The second-order valence-corrected chi connectivity index (χ2v) is 3.26. The molecule has 1 aromatic heterocycles. The first-order chi connectivity index (χ1) is 7.36. The second-order valence-electron chi connectivity index (χ2n) is 3.26. The van der Waals surface area contributed by atoms with E-state index in [2.05, 4.69) is 10.1 Å². The third-order valence-corrected chi connectivity index (χ3v) is 2.39. The van der Waals surface area contributed by atoms with E-state index in [1.54, 1.807) is 6.33 Å². The quantitative estimate of drug-likeness (QED) is 0.819. The molecule has 0 unspecified atom stereocenters. The van der Waals surface area contributed by atoms with Gasteiger partial charge >= 0.3 is 0 Å². The van der Waals surface area contributed by atoms with E-state index in [1.165, 1.54) is 0 Å². The predicted molar refractivity (Wildman–Crippen MR) is 59.0 cm³/mol. The summed E-state index contributed by atoms with van der Waals surface area (Å²) in [4.78, 5) is 4.26. The zero-order valence-corrected chi connectivity index (χ0v) is 8.72. The number of nitrogens with two attached hydrogens (primary N) is 1. The van der Waals surface area contributed by atoms with E-state index < -0.39 is 0 Å². The van der Waals surface area contributed by atoms with Gasteiger partial charge in [0.1, 0.15) is 6.33 Å². The Morgan fingerprint density at radius 3 is 2.87 bits per heavy atom. The van der Waals surface area contributed by atoms with Crippen LogP contribution in [0.2, 0.25) is 0 Å². The van der Waals surface area contributed by atoms with Crippen LogP contribution >= 0.6 is 0 Å². The molecule has 4 heteroatoms. The van der Waals surface area contributed by atoms with Crippen molar-refractivity contribution < 1.29 is 0 Å². The molecule has 0 spiro atoms. The minimum Gasteiger partial charge on any atom is -0.326 e. The SMILES string of the molecule is CCn1ncnc1-c1ccccc1CN. The van der Waals surface area contributed by atoms with E-state index in [4.69, 9.17) is 5.73 Å². The Kier molecular flexibility index (Phi) is 2.78. The van der Waals surface area contributed by atoms with Crippen molar-refractivity contribution in [1.82, 2.24) is 14.8 Å². The van der Waals surface area contributed by atoms with Crippen LogP contribution in [0.4, 0.5) is 0 Å². The van der Waals surface area contributed by atoms with E-state index in [-0.39, 0.29) is 0 Å². The molecule has 15 heavy (non-hydrogen) atoms. The lowest BCUT2D eigenvalue weighted by Gasteiger charge is -2.07. The number of aryl methyl sites for hydroxylation is 1. The van der Waals surface area contributed by atoms with Crippen LogP contribution in [0.5, 0.6) is 0 Å². The monoisotopic (exact) mass is 202 g/mol. The first-order valence-electron chi connectivity index (χ1n) is 5.03. The van der Waals surface area contributed by atoms with Crippen LogP contribution in [-0.2, 0) is 13.1 Å². The number of hydrogen-bond acceptors (Lipinski definition) is 3. The molecule has 0 saturated carbocycles. The maximum absolute atomic E-state index is 5.69. The summed E-state index contributed by atoms with van der Waals surface area (Å²) in [5, 5.41) is 4.15. The minimum absolute atomic E-state index is 0.521. The molecule has 2 N–H and O–H groups in total. The Bertz CT molecular complexity index is 447. The molecule has 78 valence electrons. The molecule has 1 aromatic carbocycles. The molecule has 0 amide bonds. The van der Waals surface area contributed by atoms with Gasteiger partial charge in [-0.05, 0) is 12.5 Å². The fourth-order valence-corrected chi connectivity index (χ4v) is 1.62. The molecule has 1 heterocycles. The molecule has 4 nitrogen and oxygen atoms in total. The van der Waals surface area contributed by atoms with Crippen molar-refractivity contribution in [3.8, 4) is 11.4 Å². The van der Waals surface area contributed by atoms with Crippen molar-refractivity contribution in [1.29, 1.82) is 0 Å². The smallest absolute Gasteiger partial charge is 0.158 e. The molecule has 0 atom stereocenters. The summed E-state index contributed by atoms with van der Waals surface area (Å²) >= 11 is 0. The van der Waals surface area contributed by atoms with Gasteiger partial charge in [-0.25, -0.2) is 9.67 Å². The molecule has 0 aliphatic rings. The van der Waals surface area contributed by atoms with Crippen LogP contribution in [-0.4, -0.2) is 14.8 Å². The van der Waals surface area contributed by atoms with Gasteiger partial charge in [-0.15, -0.1) is 0 Å². The Balaban J connectivity index is 2.53. The highest BCUT2D eigenvalue weighted by Crippen LogP contribution is 2.20. The third kappa shape index (κ3) is 1.76. The maximum Gasteiger partial charge on any atom is 0.158 e. The normalized spacial score (nSPS) is 10.5. The van der Waals surface area contributed by atoms with Gasteiger partial charge in [-0.2, -0.15) is 5.10 Å². The molecule has 0 saturated heterocycles. The van der Waals surface area contributed by atoms with E-state index in [9.17, 15) is 0 Å². The average Bonchev–Trinajstić information content (AvgIpc) is 2.76. The van der Waals surface area contributed by atoms with Crippen LogP contribution in [0.3, 0.4) is 0 Å². The summed E-state index contributed by atoms with van der Waals surface area (Å²) < 4.78 is 1.87. The highest BCUT2D eigenvalue weighted by molar-refractivity contribution is 5.60. The lowest BCUT2D eigenvalue weighted by Crippen LogP contribution is -2.04. The third-order valence-electron chi connectivity index (χ3n) is 2.39. The van der Waals surface area contributed by atoms with E-state index in [0.29, 0.717) is 6.54 Å². The van der Waals surface area contributed by atoms with Crippen molar-refractivity contribution in [2.24, 2.45) is 5.73 Å². The van der Waals surface area contributed by atoms with Gasteiger partial charge in [0.05, 0.1) is 0 Å². The molecule has 2 rings (SSSR count). The molecule has 0 aliphatic carbocycles. The van der Waals surface area contributed by atoms with Crippen molar-refractivity contribution in [3.63, 3.8) is 0 Å². The topological polar surface area (TPSA) is 56.7 Å². The van der Waals surface area contributed by atoms with Gasteiger partial charge < -0.3 is 5.73 Å². The van der Waals surface area contributed by atoms with Crippen molar-refractivity contribution >= 4 is 0 Å². The Hall–Kier alpha value is -1.68. The van der Waals surface area contributed by atoms with E-state index in [1.807, 2.05) is 35.9 Å². The summed E-state index contributed by atoms with van der Waals surface area (Å²) in [5.74, 6) is 0.888. The highest BCUT2D eigenvalue weighted by Gasteiger charge is 2.08. The van der Waals surface area contributed by atoms with Gasteiger partial charge in [0.2, 0.25) is 0 Å². The summed E-state index contributed by atoms with van der Waals surface area (Å²) in [5.41, 5.74) is 7.86. The van der Waals surface area contributed by atoms with Gasteiger partial charge in [0, 0.05) is 18.7 Å². The highest BCUT2D eigenvalue weighted by atomic mass is 15.3. The van der Waals surface area contributed by atoms with Crippen LogP contribution in [0, 0.1) is 0 Å². The molecule has 0 bridgehead atoms. The van der Waals surface area contributed by atoms with Gasteiger partial charge in [0.25, 0.3) is 0 Å². The summed E-state index contributed by atoms with van der Waals surface area (Å²) in [7, 11) is 0. The Labute approximate surface area is 88.8 Å². The zero-order valence-electron chi connectivity index (χ0n) is 8.72. The van der Waals surface area contributed by atoms with Gasteiger partial charge in [-0.1, -0.05) is 24.3 Å². The fraction of sp³-hybridized carbons (Fsp3) is 0.273. The van der Waals surface area contributed by atoms with Crippen molar-refractivity contribution in [2.75, 3.05) is 0 Å². The van der Waals surface area contributed by atoms with Crippen LogP contribution < -0.4 is 5.73 Å². The van der Waals surface area contributed by atoms with E-state index >= 15 is 0 Å². The first-order valence-corrected chi connectivity index (χ1v) is 5.03. The van der Waals surface area contributed by atoms with Crippen LogP contribution in [0.15, 0.2) is 30.6 Å². The summed E-state index contributed by atoms with van der Waals surface area (Å²) in [6.07, 6.45) is 1.58. The average molecular weight is 202 g/mol. The predicted octanol–water partition coefficient (Wildman–Crippen LogP) is 1.42. The first kappa shape index (κ1) is 9.86. The molecule has 0 fully saturated rings. The van der Waals surface area contributed by atoms with Gasteiger partial charge in [0.15, 0.2) is 5.82 Å². The van der Waals surface area contributed by atoms with Crippen molar-refractivity contribution in [2.45, 2.75) is 20.0 Å². The fourth-order valence-electron chi connectivity index (χ4n) is 1.62. The van der Waals surface area contributed by atoms with Crippen LogP contribution in [0.1, 0.15) is 12.5 Å². The molecule has 2 aromatic rings. The second kappa shape index (κ2) is 4.23. The molecule has 0 radical (unpaired) electrons. The Morgan fingerprint density at radius 1 is 1.33 bits per heavy atom. The number of aromatic nitrogens is 3. The maximum atomic E-state index is 5.69. The molecular formula is C11H14N4. The zero-order chi connectivity index (χ0) is 10.7. The number of nitrogens with zero attached hydrogens (tertiary/aromatic N) is 3. The lowest BCUT2D eigenvalue weighted by atomic mass is 10.1. The summed E-state index contributed by atoms with van der Waals surface area (Å²) in [6.45, 7) is 3.38. The largest absolute Gasteiger partial charge is 0.326 e. The molecule has 0 aliphatic heterocycles. The van der Waals surface area contributed by atoms with Gasteiger partial charge in [-0.3, -0.25) is 0 Å². The lowest BCUT2D eigenvalue weighted by molar-refractivity contribution is 0.665. The standard InChI is InChI=1S/C11H14N4/c1-2-15-11(13-8-14-15)10-6-4-3-5-9(10)7-12/h3-6,8H,2,7,12H2,1H3. The number of rotatable bonds is 3.